The van der Waals surface area contributed by atoms with Crippen LogP contribution in [0.25, 0.3) is 0 Å². The maximum absolute atomic E-state index is 5.71. The van der Waals surface area contributed by atoms with E-state index < -0.39 is 0 Å². The number of amidine groups is 1. The van der Waals surface area contributed by atoms with E-state index in [2.05, 4.69) is 18.2 Å². The van der Waals surface area contributed by atoms with E-state index in [1.807, 2.05) is 39.0 Å². The van der Waals surface area contributed by atoms with Gasteiger partial charge in [-0.1, -0.05) is 25.5 Å². The molecule has 0 spiro atoms. The summed E-state index contributed by atoms with van der Waals surface area (Å²) in [5.74, 6) is 0.483. The van der Waals surface area contributed by atoms with Crippen molar-refractivity contribution in [1.82, 2.24) is 0 Å². The van der Waals surface area contributed by atoms with Crippen molar-refractivity contribution in [3.63, 3.8) is 0 Å². The summed E-state index contributed by atoms with van der Waals surface area (Å²) in [7, 11) is 1.65. The highest BCUT2D eigenvalue weighted by atomic mass is 14.8. The Labute approximate surface area is 98.9 Å². The first kappa shape index (κ1) is 16.7. The first-order valence-electron chi connectivity index (χ1n) is 5.24. The van der Waals surface area contributed by atoms with E-state index in [4.69, 9.17) is 11.5 Å². The number of hydrogen-bond acceptors (Lipinski definition) is 2. The normalized spacial score (nSPS) is 9.38. The molecule has 0 aliphatic rings. The van der Waals surface area contributed by atoms with Crippen LogP contribution in [-0.4, -0.2) is 12.9 Å². The van der Waals surface area contributed by atoms with E-state index >= 15 is 0 Å². The maximum atomic E-state index is 5.71. The molecule has 0 unspecified atom stereocenters. The lowest BCUT2D eigenvalue weighted by molar-refractivity contribution is 1.37. The predicted octanol–water partition coefficient (Wildman–Crippen LogP) is 2.74. The van der Waals surface area contributed by atoms with Gasteiger partial charge in [-0.3, -0.25) is 4.99 Å². The largest absolute Gasteiger partial charge is 0.398 e. The van der Waals surface area contributed by atoms with Crippen LogP contribution in [0.4, 0.5) is 5.69 Å². The SMILES string of the molecule is C=C.CC.CN=C(N)c1cc(C)ccc1N. The lowest BCUT2D eigenvalue weighted by Gasteiger charge is -2.04. The van der Waals surface area contributed by atoms with Crippen LogP contribution < -0.4 is 11.5 Å². The average molecular weight is 221 g/mol. The van der Waals surface area contributed by atoms with Gasteiger partial charge in [0, 0.05) is 18.3 Å². The van der Waals surface area contributed by atoms with Crippen molar-refractivity contribution in [3.05, 3.63) is 42.5 Å². The number of hydrogen-bond donors (Lipinski definition) is 2. The van der Waals surface area contributed by atoms with Crippen LogP contribution in [0.3, 0.4) is 0 Å². The van der Waals surface area contributed by atoms with Crippen molar-refractivity contribution in [1.29, 1.82) is 0 Å². The highest BCUT2D eigenvalue weighted by Crippen LogP contribution is 2.12. The molecule has 1 aromatic carbocycles. The fourth-order valence-electron chi connectivity index (χ4n) is 1.01. The summed E-state index contributed by atoms with van der Waals surface area (Å²) in [6.45, 7) is 12.0. The van der Waals surface area contributed by atoms with Gasteiger partial charge in [-0.2, -0.15) is 0 Å². The fourth-order valence-corrected chi connectivity index (χ4v) is 1.01. The van der Waals surface area contributed by atoms with Gasteiger partial charge in [0.1, 0.15) is 5.84 Å². The van der Waals surface area contributed by atoms with Crippen LogP contribution in [0.5, 0.6) is 0 Å². The van der Waals surface area contributed by atoms with Gasteiger partial charge in [0.2, 0.25) is 0 Å². The standard InChI is InChI=1S/C9H13N3.C2H6.C2H4/c1-6-3-4-8(10)7(5-6)9(11)12-2;2*1-2/h3-5H,10H2,1-2H3,(H2,11,12);1-2H3;1-2H2. The Bertz CT molecular complexity index is 330. The number of benzene rings is 1. The zero-order chi connectivity index (χ0) is 13.1. The number of aryl methyl sites for hydroxylation is 1. The molecule has 0 saturated carbocycles. The Morgan fingerprint density at radius 2 is 1.75 bits per heavy atom. The van der Waals surface area contributed by atoms with E-state index in [9.17, 15) is 0 Å². The van der Waals surface area contributed by atoms with Crippen molar-refractivity contribution in [2.24, 2.45) is 10.7 Å². The zero-order valence-electron chi connectivity index (χ0n) is 10.7. The van der Waals surface area contributed by atoms with Crippen molar-refractivity contribution >= 4 is 11.5 Å². The average Bonchev–Trinajstić information content (AvgIpc) is 2.36. The van der Waals surface area contributed by atoms with Gasteiger partial charge < -0.3 is 11.5 Å². The molecular weight excluding hydrogens is 198 g/mol. The van der Waals surface area contributed by atoms with Gasteiger partial charge in [0.15, 0.2) is 0 Å². The minimum absolute atomic E-state index is 0.483. The second kappa shape index (κ2) is 9.77. The smallest absolute Gasteiger partial charge is 0.127 e. The van der Waals surface area contributed by atoms with Crippen LogP contribution in [0.1, 0.15) is 25.0 Å². The Morgan fingerprint density at radius 1 is 1.25 bits per heavy atom. The van der Waals surface area contributed by atoms with E-state index in [1.165, 1.54) is 0 Å². The third kappa shape index (κ3) is 5.20. The number of nitrogen functional groups attached to an aromatic ring is 1. The van der Waals surface area contributed by atoms with Crippen molar-refractivity contribution < 1.29 is 0 Å². The Kier molecular flexibility index (Phi) is 10.2. The highest BCUT2D eigenvalue weighted by molar-refractivity contribution is 6.02. The number of rotatable bonds is 1. The van der Waals surface area contributed by atoms with Gasteiger partial charge in [-0.25, -0.2) is 0 Å². The third-order valence-corrected chi connectivity index (χ3v) is 1.73. The second-order valence-electron chi connectivity index (χ2n) is 2.70. The second-order valence-corrected chi connectivity index (χ2v) is 2.70. The molecule has 1 aromatic rings. The Morgan fingerprint density at radius 3 is 2.19 bits per heavy atom. The Hall–Kier alpha value is -1.77. The quantitative estimate of drug-likeness (QED) is 0.331. The summed E-state index contributed by atoms with van der Waals surface area (Å²) >= 11 is 0. The molecule has 0 saturated heterocycles. The van der Waals surface area contributed by atoms with Gasteiger partial charge in [-0.15, -0.1) is 13.2 Å². The summed E-state index contributed by atoms with van der Waals surface area (Å²) in [4.78, 5) is 3.88. The molecule has 90 valence electrons. The molecule has 0 atom stereocenters. The molecule has 0 aliphatic heterocycles. The molecule has 4 N–H and O–H groups in total. The molecule has 0 aliphatic carbocycles. The van der Waals surface area contributed by atoms with E-state index in [1.54, 1.807) is 7.05 Å². The van der Waals surface area contributed by atoms with E-state index in [0.29, 0.717) is 11.5 Å². The molecule has 0 bridgehead atoms. The zero-order valence-corrected chi connectivity index (χ0v) is 10.7. The van der Waals surface area contributed by atoms with Crippen LogP contribution in [-0.2, 0) is 0 Å². The highest BCUT2D eigenvalue weighted by Gasteiger charge is 2.01. The molecule has 0 amide bonds. The lowest BCUT2D eigenvalue weighted by Crippen LogP contribution is -2.15. The lowest BCUT2D eigenvalue weighted by atomic mass is 10.1. The van der Waals surface area contributed by atoms with Gasteiger partial charge in [-0.05, 0) is 19.1 Å². The van der Waals surface area contributed by atoms with Gasteiger partial charge in [0.05, 0.1) is 0 Å². The monoisotopic (exact) mass is 221 g/mol. The number of anilines is 1. The molecule has 3 nitrogen and oxygen atoms in total. The van der Waals surface area contributed by atoms with Crippen LogP contribution >= 0.6 is 0 Å². The number of nitrogens with two attached hydrogens (primary N) is 2. The Balaban J connectivity index is 0. The minimum atomic E-state index is 0.483. The van der Waals surface area contributed by atoms with Crippen LogP contribution in [0.2, 0.25) is 0 Å². The first-order chi connectivity index (χ1) is 7.65. The molecule has 16 heavy (non-hydrogen) atoms. The third-order valence-electron chi connectivity index (χ3n) is 1.73. The summed E-state index contributed by atoms with van der Waals surface area (Å²) in [5, 5.41) is 0. The molecule has 0 fully saturated rings. The molecular formula is C13H23N3. The predicted molar refractivity (Wildman–Crippen MR) is 74.8 cm³/mol. The first-order valence-corrected chi connectivity index (χ1v) is 5.24. The molecule has 0 radical (unpaired) electrons. The summed E-state index contributed by atoms with van der Waals surface area (Å²) in [6, 6.07) is 5.71. The minimum Gasteiger partial charge on any atom is -0.398 e. The van der Waals surface area contributed by atoms with E-state index in [0.717, 1.165) is 11.1 Å². The molecule has 1 rings (SSSR count). The van der Waals surface area contributed by atoms with Crippen molar-refractivity contribution in [2.75, 3.05) is 12.8 Å². The summed E-state index contributed by atoms with van der Waals surface area (Å²) in [6.07, 6.45) is 0. The number of aliphatic imine (C=N–C) groups is 1. The number of nitrogens with zero attached hydrogens (tertiary/aromatic N) is 1. The molecule has 0 heterocycles. The van der Waals surface area contributed by atoms with Gasteiger partial charge in [0.25, 0.3) is 0 Å². The van der Waals surface area contributed by atoms with Crippen molar-refractivity contribution in [3.8, 4) is 0 Å². The summed E-state index contributed by atoms with van der Waals surface area (Å²) in [5.41, 5.74) is 14.0. The van der Waals surface area contributed by atoms with E-state index in [-0.39, 0.29) is 0 Å². The van der Waals surface area contributed by atoms with Gasteiger partial charge >= 0.3 is 0 Å². The molecule has 3 heteroatoms. The van der Waals surface area contributed by atoms with Crippen LogP contribution in [0.15, 0.2) is 36.3 Å². The summed E-state index contributed by atoms with van der Waals surface area (Å²) < 4.78 is 0. The van der Waals surface area contributed by atoms with Crippen molar-refractivity contribution in [2.45, 2.75) is 20.8 Å². The topological polar surface area (TPSA) is 64.4 Å². The maximum Gasteiger partial charge on any atom is 0.127 e. The molecule has 0 aromatic heterocycles. The fraction of sp³-hybridized carbons (Fsp3) is 0.308. The van der Waals surface area contributed by atoms with Crippen LogP contribution in [0, 0.1) is 6.92 Å².